The third kappa shape index (κ3) is 3.43. The summed E-state index contributed by atoms with van der Waals surface area (Å²) in [5, 5.41) is 8.96. The second-order valence-electron chi connectivity index (χ2n) is 4.75. The lowest BCUT2D eigenvalue weighted by Gasteiger charge is -2.18. The van der Waals surface area contributed by atoms with Gasteiger partial charge in [-0.15, -0.1) is 0 Å². The molecule has 0 unspecified atom stereocenters. The fourth-order valence-corrected chi connectivity index (χ4v) is 1.20. The molecule has 1 fully saturated rings. The number of hydrogen-bond acceptors (Lipinski definition) is 4. The highest BCUT2D eigenvalue weighted by Crippen LogP contribution is 2.23. The van der Waals surface area contributed by atoms with E-state index in [0.717, 1.165) is 0 Å². The molecule has 1 aliphatic heterocycles. The van der Waals surface area contributed by atoms with E-state index < -0.39 is 24.0 Å². The normalized spacial score (nSPS) is 31.7. The fraction of sp³-hybridized carbons (Fsp3) is 0.900. The van der Waals surface area contributed by atoms with Gasteiger partial charge in [-0.2, -0.15) is 0 Å². The van der Waals surface area contributed by atoms with Gasteiger partial charge in [0.25, 0.3) is 0 Å². The van der Waals surface area contributed by atoms with Crippen LogP contribution >= 0.6 is 0 Å². The summed E-state index contributed by atoms with van der Waals surface area (Å²) in [6.07, 6.45) is -3.24. The zero-order chi connectivity index (χ0) is 11.6. The quantitative estimate of drug-likeness (QED) is 0.706. The first-order valence-corrected chi connectivity index (χ1v) is 4.95. The summed E-state index contributed by atoms with van der Waals surface area (Å²) in [5.41, 5.74) is -0.577. The van der Waals surface area contributed by atoms with Crippen molar-refractivity contribution in [2.75, 3.05) is 6.61 Å². The van der Waals surface area contributed by atoms with Crippen molar-refractivity contribution in [1.82, 2.24) is 0 Å². The van der Waals surface area contributed by atoms with Crippen LogP contribution in [0.4, 0.5) is 4.39 Å². The van der Waals surface area contributed by atoms with E-state index in [0.29, 0.717) is 0 Å². The van der Waals surface area contributed by atoms with Crippen molar-refractivity contribution in [3.63, 3.8) is 0 Å². The maximum atomic E-state index is 12.8. The van der Waals surface area contributed by atoms with Gasteiger partial charge >= 0.3 is 5.97 Å². The van der Waals surface area contributed by atoms with E-state index in [1.165, 1.54) is 0 Å². The van der Waals surface area contributed by atoms with Crippen molar-refractivity contribution in [1.29, 1.82) is 0 Å². The number of alkyl halides is 1. The summed E-state index contributed by atoms with van der Waals surface area (Å²) in [6.45, 7) is 5.19. The molecule has 0 amide bonds. The van der Waals surface area contributed by atoms with Gasteiger partial charge in [-0.25, -0.2) is 4.39 Å². The van der Waals surface area contributed by atoms with Gasteiger partial charge in [-0.3, -0.25) is 4.79 Å². The molecule has 0 bridgehead atoms. The van der Waals surface area contributed by atoms with E-state index >= 15 is 0 Å². The van der Waals surface area contributed by atoms with Crippen molar-refractivity contribution in [2.45, 2.75) is 45.8 Å². The monoisotopic (exact) mass is 220 g/mol. The van der Waals surface area contributed by atoms with Crippen molar-refractivity contribution in [3.05, 3.63) is 0 Å². The summed E-state index contributed by atoms with van der Waals surface area (Å²) < 4.78 is 22.6. The maximum absolute atomic E-state index is 12.8. The summed E-state index contributed by atoms with van der Waals surface area (Å²) in [7, 11) is 0. The maximum Gasteiger partial charge on any atom is 0.311 e. The minimum atomic E-state index is -1.39. The number of aliphatic hydroxyl groups is 1. The van der Waals surface area contributed by atoms with Gasteiger partial charge in [0.15, 0.2) is 12.5 Å². The van der Waals surface area contributed by atoms with Gasteiger partial charge < -0.3 is 14.6 Å². The number of carbonyl (C=O) groups excluding carboxylic acids is 1. The van der Waals surface area contributed by atoms with Gasteiger partial charge in [-0.05, 0) is 20.8 Å². The molecule has 1 rings (SSSR count). The van der Waals surface area contributed by atoms with Crippen LogP contribution in [0, 0.1) is 5.41 Å². The minimum absolute atomic E-state index is 0.00637. The number of halogens is 1. The first-order chi connectivity index (χ1) is 6.80. The second-order valence-corrected chi connectivity index (χ2v) is 4.75. The minimum Gasteiger partial charge on any atom is -0.463 e. The van der Waals surface area contributed by atoms with Crippen LogP contribution in [0.15, 0.2) is 0 Å². The lowest BCUT2D eigenvalue weighted by molar-refractivity contribution is -0.162. The second kappa shape index (κ2) is 4.45. The highest BCUT2D eigenvalue weighted by molar-refractivity contribution is 5.75. The Labute approximate surface area is 88.4 Å². The lowest BCUT2D eigenvalue weighted by atomic mass is 9.97. The van der Waals surface area contributed by atoms with Gasteiger partial charge in [0.1, 0.15) is 6.61 Å². The Morgan fingerprint density at radius 3 is 2.60 bits per heavy atom. The molecule has 1 saturated heterocycles. The van der Waals surface area contributed by atoms with Crippen molar-refractivity contribution in [3.8, 4) is 0 Å². The van der Waals surface area contributed by atoms with E-state index in [4.69, 9.17) is 14.6 Å². The van der Waals surface area contributed by atoms with Crippen LogP contribution in [0.5, 0.6) is 0 Å². The predicted molar refractivity (Wildman–Crippen MR) is 50.8 cm³/mol. The van der Waals surface area contributed by atoms with Crippen LogP contribution < -0.4 is 0 Å². The molecule has 3 atom stereocenters. The van der Waals surface area contributed by atoms with Crippen molar-refractivity contribution >= 4 is 5.97 Å². The van der Waals surface area contributed by atoms with E-state index in [2.05, 4.69) is 0 Å². The summed E-state index contributed by atoms with van der Waals surface area (Å²) in [4.78, 5) is 11.4. The van der Waals surface area contributed by atoms with Crippen molar-refractivity contribution < 1.29 is 23.8 Å². The van der Waals surface area contributed by atoms with Crippen LogP contribution in [0.3, 0.4) is 0 Å². The lowest BCUT2D eigenvalue weighted by Crippen LogP contribution is -2.27. The fourth-order valence-electron chi connectivity index (χ4n) is 1.20. The van der Waals surface area contributed by atoms with Crippen LogP contribution in [-0.2, 0) is 14.3 Å². The zero-order valence-electron chi connectivity index (χ0n) is 9.20. The molecule has 0 aliphatic carbocycles. The Morgan fingerprint density at radius 2 is 2.20 bits per heavy atom. The number of ether oxygens (including phenoxy) is 2. The SMILES string of the molecule is CC(C)(C)C(=O)OC[C@@H]1C[C@H](F)[C@@H](O)O1. The average molecular weight is 220 g/mol. The Morgan fingerprint density at radius 1 is 1.60 bits per heavy atom. The number of aliphatic hydroxyl groups excluding tert-OH is 1. The third-order valence-corrected chi connectivity index (χ3v) is 2.14. The zero-order valence-corrected chi connectivity index (χ0v) is 9.20. The highest BCUT2D eigenvalue weighted by Gasteiger charge is 2.35. The first kappa shape index (κ1) is 12.4. The van der Waals surface area contributed by atoms with Crippen LogP contribution in [0.25, 0.3) is 0 Å². The molecule has 0 saturated carbocycles. The molecule has 0 radical (unpaired) electrons. The molecule has 1 aliphatic rings. The summed E-state index contributed by atoms with van der Waals surface area (Å²) >= 11 is 0. The molecule has 0 aromatic heterocycles. The number of hydrogen-bond donors (Lipinski definition) is 1. The number of esters is 1. The average Bonchev–Trinajstić information content (AvgIpc) is 2.41. The Kier molecular flexibility index (Phi) is 3.67. The molecule has 0 aromatic rings. The van der Waals surface area contributed by atoms with Gasteiger partial charge in [-0.1, -0.05) is 0 Å². The number of rotatable bonds is 2. The molecule has 15 heavy (non-hydrogen) atoms. The number of carbonyl (C=O) groups is 1. The topological polar surface area (TPSA) is 55.8 Å². The van der Waals surface area contributed by atoms with Crippen LogP contribution in [0.1, 0.15) is 27.2 Å². The first-order valence-electron chi connectivity index (χ1n) is 4.95. The molecule has 4 nitrogen and oxygen atoms in total. The van der Waals surface area contributed by atoms with Gasteiger partial charge in [0, 0.05) is 6.42 Å². The van der Waals surface area contributed by atoms with Gasteiger partial charge in [0.2, 0.25) is 0 Å². The van der Waals surface area contributed by atoms with E-state index in [-0.39, 0.29) is 19.0 Å². The standard InChI is InChI=1S/C10H17FO4/c1-10(2,3)9(13)14-5-6-4-7(11)8(12)15-6/h6-8,12H,4-5H2,1-3H3/t6-,7-,8-/m0/s1. The third-order valence-electron chi connectivity index (χ3n) is 2.14. The Hall–Kier alpha value is -0.680. The summed E-state index contributed by atoms with van der Waals surface area (Å²) in [6, 6.07) is 0. The molecular formula is C10H17FO4. The molecule has 0 spiro atoms. The highest BCUT2D eigenvalue weighted by atomic mass is 19.1. The molecular weight excluding hydrogens is 203 g/mol. The predicted octanol–water partition coefficient (Wildman–Crippen LogP) is 1.02. The molecule has 88 valence electrons. The van der Waals surface area contributed by atoms with E-state index in [9.17, 15) is 9.18 Å². The van der Waals surface area contributed by atoms with E-state index in [1.54, 1.807) is 20.8 Å². The van der Waals surface area contributed by atoms with Crippen LogP contribution in [0.2, 0.25) is 0 Å². The van der Waals surface area contributed by atoms with Crippen LogP contribution in [-0.4, -0.2) is 36.2 Å². The summed E-state index contributed by atoms with van der Waals surface area (Å²) in [5.74, 6) is -0.358. The molecule has 0 aromatic carbocycles. The Balaban J connectivity index is 2.30. The van der Waals surface area contributed by atoms with E-state index in [1.807, 2.05) is 0 Å². The molecule has 5 heteroatoms. The smallest absolute Gasteiger partial charge is 0.311 e. The molecule has 1 heterocycles. The van der Waals surface area contributed by atoms with Crippen molar-refractivity contribution in [2.24, 2.45) is 5.41 Å². The Bertz CT molecular complexity index is 226. The largest absolute Gasteiger partial charge is 0.463 e. The molecule has 1 N–H and O–H groups in total. The van der Waals surface area contributed by atoms with Gasteiger partial charge in [0.05, 0.1) is 11.5 Å².